The van der Waals surface area contributed by atoms with Gasteiger partial charge in [0, 0.05) is 23.7 Å². The molecule has 3 aromatic rings. The summed E-state index contributed by atoms with van der Waals surface area (Å²) in [6.07, 6.45) is 0. The molecule has 0 aliphatic carbocycles. The molecule has 0 fully saturated rings. The second kappa shape index (κ2) is 6.89. The Labute approximate surface area is 168 Å². The second-order valence-electron chi connectivity index (χ2n) is 6.75. The Morgan fingerprint density at radius 3 is 2.41 bits per heavy atom. The highest BCUT2D eigenvalue weighted by molar-refractivity contribution is 7.93. The Hall–Kier alpha value is -3.39. The maximum absolute atomic E-state index is 13.0. The van der Waals surface area contributed by atoms with Crippen LogP contribution in [-0.2, 0) is 14.8 Å². The number of nitrogens with zero attached hydrogens (tertiary/aromatic N) is 1. The zero-order chi connectivity index (χ0) is 20.8. The highest BCUT2D eigenvalue weighted by atomic mass is 32.2. The third kappa shape index (κ3) is 3.01. The van der Waals surface area contributed by atoms with Gasteiger partial charge in [-0.1, -0.05) is 30.3 Å². The number of anilines is 2. The van der Waals surface area contributed by atoms with Gasteiger partial charge in [0.05, 0.1) is 10.6 Å². The first-order valence-electron chi connectivity index (χ1n) is 9.00. The van der Waals surface area contributed by atoms with Gasteiger partial charge in [-0.3, -0.25) is 13.9 Å². The third-order valence-electron chi connectivity index (χ3n) is 5.05. The molecule has 1 aliphatic rings. The zero-order valence-electron chi connectivity index (χ0n) is 15.9. The molecule has 0 spiro atoms. The van der Waals surface area contributed by atoms with Gasteiger partial charge in [-0.15, -0.1) is 0 Å². The van der Waals surface area contributed by atoms with E-state index in [1.165, 1.54) is 7.05 Å². The average Bonchev–Trinajstić information content (AvgIpc) is 2.92. The molecule has 0 saturated heterocycles. The summed E-state index contributed by atoms with van der Waals surface area (Å²) in [5.41, 5.74) is 2.00. The first-order chi connectivity index (χ1) is 13.8. The van der Waals surface area contributed by atoms with Gasteiger partial charge in [0.25, 0.3) is 15.9 Å². The fraction of sp³-hybridized carbons (Fsp3) is 0.143. The summed E-state index contributed by atoms with van der Waals surface area (Å²) < 4.78 is 27.1. The quantitative estimate of drug-likeness (QED) is 0.693. The highest BCUT2D eigenvalue weighted by Gasteiger charge is 2.36. The minimum atomic E-state index is -3.81. The third-order valence-corrected chi connectivity index (χ3v) is 6.85. The second-order valence-corrected chi connectivity index (χ2v) is 8.58. The van der Waals surface area contributed by atoms with Crippen molar-refractivity contribution in [1.82, 2.24) is 5.32 Å². The van der Waals surface area contributed by atoms with Crippen LogP contribution >= 0.6 is 0 Å². The lowest BCUT2D eigenvalue weighted by molar-refractivity contribution is -0.114. The number of hydrogen-bond acceptors (Lipinski definition) is 4. The first-order valence-corrected chi connectivity index (χ1v) is 10.4. The summed E-state index contributed by atoms with van der Waals surface area (Å²) in [4.78, 5) is 24.9. The molecule has 0 saturated carbocycles. The van der Waals surface area contributed by atoms with Crippen LogP contribution in [0.4, 0.5) is 11.4 Å². The minimum absolute atomic E-state index is 0.205. The van der Waals surface area contributed by atoms with Gasteiger partial charge in [0.15, 0.2) is 0 Å². The van der Waals surface area contributed by atoms with Crippen molar-refractivity contribution in [1.29, 1.82) is 0 Å². The number of hydrogen-bond donors (Lipinski definition) is 2. The molecular weight excluding hydrogens is 390 g/mol. The Bertz CT molecular complexity index is 1260. The number of benzene rings is 3. The Morgan fingerprint density at radius 1 is 1.00 bits per heavy atom. The van der Waals surface area contributed by atoms with Crippen molar-refractivity contribution < 1.29 is 18.0 Å². The fourth-order valence-corrected chi connectivity index (χ4v) is 5.27. The smallest absolute Gasteiger partial charge is 0.265 e. The summed E-state index contributed by atoms with van der Waals surface area (Å²) in [7, 11) is -2.28. The SMILES string of the molecule is CNC(=O)c1cccc(NC(=O)CN2c3cccc4cccc(c34)S2(=O)=O)c1C. The molecule has 2 amide bonds. The number of rotatable bonds is 4. The maximum atomic E-state index is 13.0. The molecule has 7 nitrogen and oxygen atoms in total. The van der Waals surface area contributed by atoms with Crippen molar-refractivity contribution in [2.24, 2.45) is 0 Å². The molecule has 29 heavy (non-hydrogen) atoms. The lowest BCUT2D eigenvalue weighted by Crippen LogP contribution is -2.35. The van der Waals surface area contributed by atoms with Crippen LogP contribution in [0, 0.1) is 6.92 Å². The van der Waals surface area contributed by atoms with Crippen LogP contribution < -0.4 is 14.9 Å². The van der Waals surface area contributed by atoms with E-state index < -0.39 is 15.9 Å². The van der Waals surface area contributed by atoms with E-state index >= 15 is 0 Å². The molecule has 0 unspecified atom stereocenters. The Morgan fingerprint density at radius 2 is 1.69 bits per heavy atom. The van der Waals surface area contributed by atoms with Crippen LogP contribution in [0.3, 0.4) is 0 Å². The van der Waals surface area contributed by atoms with Crippen molar-refractivity contribution in [3.8, 4) is 0 Å². The van der Waals surface area contributed by atoms with Crippen molar-refractivity contribution >= 4 is 44.0 Å². The van der Waals surface area contributed by atoms with Crippen LogP contribution in [0.2, 0.25) is 0 Å². The molecule has 4 rings (SSSR count). The van der Waals surface area contributed by atoms with Crippen LogP contribution in [-0.4, -0.2) is 33.8 Å². The lowest BCUT2D eigenvalue weighted by atomic mass is 10.1. The monoisotopic (exact) mass is 409 g/mol. The van der Waals surface area contributed by atoms with E-state index in [0.29, 0.717) is 27.9 Å². The molecule has 0 aromatic heterocycles. The predicted octanol–water partition coefficient (Wildman–Crippen LogP) is 2.66. The van der Waals surface area contributed by atoms with E-state index in [0.717, 1.165) is 9.69 Å². The van der Waals surface area contributed by atoms with Crippen molar-refractivity contribution in [2.45, 2.75) is 11.8 Å². The number of sulfonamides is 1. The number of amides is 2. The van der Waals surface area contributed by atoms with E-state index in [1.54, 1.807) is 49.4 Å². The summed E-state index contributed by atoms with van der Waals surface area (Å²) in [6.45, 7) is 1.36. The van der Waals surface area contributed by atoms with Crippen LogP contribution in [0.5, 0.6) is 0 Å². The van der Waals surface area contributed by atoms with Crippen LogP contribution in [0.15, 0.2) is 59.5 Å². The van der Waals surface area contributed by atoms with Gasteiger partial charge in [0.2, 0.25) is 5.91 Å². The van der Waals surface area contributed by atoms with Gasteiger partial charge < -0.3 is 10.6 Å². The largest absolute Gasteiger partial charge is 0.355 e. The number of nitrogens with one attached hydrogen (secondary N) is 2. The summed E-state index contributed by atoms with van der Waals surface area (Å²) >= 11 is 0. The summed E-state index contributed by atoms with van der Waals surface area (Å²) in [5.74, 6) is -0.751. The van der Waals surface area contributed by atoms with E-state index in [9.17, 15) is 18.0 Å². The molecule has 0 atom stereocenters. The number of carbonyl (C=O) groups excluding carboxylic acids is 2. The van der Waals surface area contributed by atoms with Gasteiger partial charge >= 0.3 is 0 Å². The maximum Gasteiger partial charge on any atom is 0.265 e. The molecule has 3 aromatic carbocycles. The molecule has 0 bridgehead atoms. The molecule has 1 aliphatic heterocycles. The molecular formula is C21H19N3O4S. The van der Waals surface area contributed by atoms with E-state index in [4.69, 9.17) is 0 Å². The van der Waals surface area contributed by atoms with Crippen molar-refractivity contribution in [3.05, 3.63) is 65.7 Å². The lowest BCUT2D eigenvalue weighted by Gasteiger charge is -2.19. The van der Waals surface area contributed by atoms with Crippen molar-refractivity contribution in [3.63, 3.8) is 0 Å². The molecule has 148 valence electrons. The van der Waals surface area contributed by atoms with Gasteiger partial charge in [-0.25, -0.2) is 8.42 Å². The van der Waals surface area contributed by atoms with Crippen LogP contribution in [0.25, 0.3) is 10.8 Å². The average molecular weight is 409 g/mol. The van der Waals surface area contributed by atoms with E-state index in [1.807, 2.05) is 12.1 Å². The first kappa shape index (κ1) is 18.9. The van der Waals surface area contributed by atoms with Crippen molar-refractivity contribution in [2.75, 3.05) is 23.2 Å². The zero-order valence-corrected chi connectivity index (χ0v) is 16.7. The Balaban J connectivity index is 1.64. The molecule has 1 heterocycles. The topological polar surface area (TPSA) is 95.6 Å². The van der Waals surface area contributed by atoms with E-state index in [2.05, 4.69) is 10.6 Å². The van der Waals surface area contributed by atoms with Crippen LogP contribution in [0.1, 0.15) is 15.9 Å². The molecule has 0 radical (unpaired) electrons. The summed E-state index contributed by atoms with van der Waals surface area (Å²) in [5, 5.41) is 6.71. The normalized spacial score (nSPS) is 14.1. The molecule has 8 heteroatoms. The molecule has 2 N–H and O–H groups in total. The predicted molar refractivity (Wildman–Crippen MR) is 112 cm³/mol. The van der Waals surface area contributed by atoms with Gasteiger partial charge in [-0.2, -0.15) is 0 Å². The van der Waals surface area contributed by atoms with E-state index in [-0.39, 0.29) is 17.3 Å². The van der Waals surface area contributed by atoms with Gasteiger partial charge in [-0.05, 0) is 42.1 Å². The fourth-order valence-electron chi connectivity index (χ4n) is 3.60. The Kier molecular flexibility index (Phi) is 4.50. The summed E-state index contributed by atoms with van der Waals surface area (Å²) in [6, 6.07) is 15.4. The highest BCUT2D eigenvalue weighted by Crippen LogP contribution is 2.41. The van der Waals surface area contributed by atoms with Gasteiger partial charge in [0.1, 0.15) is 6.54 Å². The minimum Gasteiger partial charge on any atom is -0.355 e. The number of carbonyl (C=O) groups is 2. The standard InChI is InChI=1S/C21H19N3O4S/c1-13-15(21(26)22-2)8-5-9-16(13)23-19(25)12-24-17-10-3-6-14-7-4-11-18(20(14)17)29(24,27)28/h3-11H,12H2,1-2H3,(H,22,26)(H,23,25).